The van der Waals surface area contributed by atoms with E-state index in [-0.39, 0.29) is 0 Å². The maximum Gasteiger partial charge on any atom is 0.119 e. The summed E-state index contributed by atoms with van der Waals surface area (Å²) in [6.07, 6.45) is 3.62. The Morgan fingerprint density at radius 1 is 1.18 bits per heavy atom. The molecule has 2 heterocycles. The van der Waals surface area contributed by atoms with Gasteiger partial charge in [-0.2, -0.15) is 0 Å². The number of hydrogen-bond donors (Lipinski definition) is 1. The first-order valence-electron chi connectivity index (χ1n) is 5.44. The fraction of sp³-hybridized carbons (Fsp3) is 0.0714. The number of rotatable bonds is 2. The Kier molecular flexibility index (Phi) is 2.29. The van der Waals surface area contributed by atoms with Crippen LogP contribution in [0, 0.1) is 0 Å². The summed E-state index contributed by atoms with van der Waals surface area (Å²) in [5.74, 6) is 0.870. The lowest BCUT2D eigenvalue weighted by atomic mass is 10.2. The molecular formula is C14H12N2O. The average Bonchev–Trinajstić information content (AvgIpc) is 2.82. The van der Waals surface area contributed by atoms with Gasteiger partial charge in [0, 0.05) is 34.6 Å². The fourth-order valence-corrected chi connectivity index (χ4v) is 1.92. The summed E-state index contributed by atoms with van der Waals surface area (Å²) in [7, 11) is 1.68. The molecule has 0 fully saturated rings. The molecule has 0 aliphatic heterocycles. The normalized spacial score (nSPS) is 10.6. The second-order valence-electron chi connectivity index (χ2n) is 3.88. The molecule has 3 rings (SSSR count). The van der Waals surface area contributed by atoms with Crippen LogP contribution in [-0.4, -0.2) is 17.1 Å². The van der Waals surface area contributed by atoms with Gasteiger partial charge < -0.3 is 9.72 Å². The number of nitrogens with zero attached hydrogens (tertiary/aromatic N) is 1. The Hall–Kier alpha value is -2.29. The van der Waals surface area contributed by atoms with E-state index in [4.69, 9.17) is 4.74 Å². The van der Waals surface area contributed by atoms with Crippen molar-refractivity contribution in [2.45, 2.75) is 0 Å². The maximum absolute atomic E-state index is 5.21. The monoisotopic (exact) mass is 224 g/mol. The van der Waals surface area contributed by atoms with E-state index in [9.17, 15) is 0 Å². The van der Waals surface area contributed by atoms with Crippen LogP contribution in [0.5, 0.6) is 5.75 Å². The van der Waals surface area contributed by atoms with E-state index in [0.29, 0.717) is 0 Å². The Bertz CT molecular complexity index is 644. The van der Waals surface area contributed by atoms with E-state index >= 15 is 0 Å². The molecule has 0 bridgehead atoms. The minimum Gasteiger partial charge on any atom is -0.497 e. The topological polar surface area (TPSA) is 37.9 Å². The zero-order valence-corrected chi connectivity index (χ0v) is 9.47. The Labute approximate surface area is 99.1 Å². The van der Waals surface area contributed by atoms with Crippen molar-refractivity contribution in [3.05, 3.63) is 48.8 Å². The van der Waals surface area contributed by atoms with E-state index in [2.05, 4.69) is 16.0 Å². The highest BCUT2D eigenvalue weighted by Gasteiger charge is 2.03. The highest BCUT2D eigenvalue weighted by atomic mass is 16.5. The quantitative estimate of drug-likeness (QED) is 0.725. The lowest BCUT2D eigenvalue weighted by molar-refractivity contribution is 0.415. The first-order chi connectivity index (χ1) is 8.36. The van der Waals surface area contributed by atoms with Crippen molar-refractivity contribution in [3.63, 3.8) is 0 Å². The van der Waals surface area contributed by atoms with Crippen molar-refractivity contribution >= 4 is 10.9 Å². The molecule has 0 amide bonds. The van der Waals surface area contributed by atoms with E-state index in [1.165, 1.54) is 0 Å². The summed E-state index contributed by atoms with van der Waals surface area (Å²) in [4.78, 5) is 7.49. The zero-order valence-electron chi connectivity index (χ0n) is 9.47. The molecule has 0 saturated carbocycles. The SMILES string of the molecule is COc1ccc2[nH]c(-c3cccnc3)cc2c1. The molecular weight excluding hydrogens is 212 g/mol. The van der Waals surface area contributed by atoms with E-state index in [1.807, 2.05) is 36.5 Å². The van der Waals surface area contributed by atoms with Crippen LogP contribution in [0.25, 0.3) is 22.2 Å². The Balaban J connectivity index is 2.14. The minimum atomic E-state index is 0.870. The van der Waals surface area contributed by atoms with Crippen LogP contribution >= 0.6 is 0 Å². The van der Waals surface area contributed by atoms with Crippen LogP contribution < -0.4 is 4.74 Å². The average molecular weight is 224 g/mol. The molecule has 3 nitrogen and oxygen atoms in total. The molecule has 84 valence electrons. The van der Waals surface area contributed by atoms with E-state index in [0.717, 1.165) is 27.9 Å². The van der Waals surface area contributed by atoms with Crippen molar-refractivity contribution in [2.75, 3.05) is 7.11 Å². The second-order valence-corrected chi connectivity index (χ2v) is 3.88. The number of nitrogens with one attached hydrogen (secondary N) is 1. The van der Waals surface area contributed by atoms with Crippen LogP contribution in [0.1, 0.15) is 0 Å². The van der Waals surface area contributed by atoms with Gasteiger partial charge in [0.1, 0.15) is 5.75 Å². The molecule has 0 saturated heterocycles. The molecule has 0 spiro atoms. The third-order valence-electron chi connectivity index (χ3n) is 2.80. The van der Waals surface area contributed by atoms with Gasteiger partial charge in [0.2, 0.25) is 0 Å². The number of benzene rings is 1. The van der Waals surface area contributed by atoms with Crippen molar-refractivity contribution in [3.8, 4) is 17.0 Å². The number of fused-ring (bicyclic) bond motifs is 1. The van der Waals surface area contributed by atoms with Gasteiger partial charge >= 0.3 is 0 Å². The van der Waals surface area contributed by atoms with Crippen LogP contribution in [-0.2, 0) is 0 Å². The van der Waals surface area contributed by atoms with E-state index in [1.54, 1.807) is 13.3 Å². The number of hydrogen-bond acceptors (Lipinski definition) is 2. The Morgan fingerprint density at radius 2 is 2.12 bits per heavy atom. The minimum absolute atomic E-state index is 0.870. The van der Waals surface area contributed by atoms with E-state index < -0.39 is 0 Å². The van der Waals surface area contributed by atoms with Gasteiger partial charge in [-0.1, -0.05) is 0 Å². The van der Waals surface area contributed by atoms with Crippen molar-refractivity contribution in [1.82, 2.24) is 9.97 Å². The Morgan fingerprint density at radius 3 is 2.88 bits per heavy atom. The van der Waals surface area contributed by atoms with Gasteiger partial charge in [-0.15, -0.1) is 0 Å². The standard InChI is InChI=1S/C14H12N2O/c1-17-12-4-5-13-11(7-12)8-14(16-13)10-3-2-6-15-9-10/h2-9,16H,1H3. The smallest absolute Gasteiger partial charge is 0.119 e. The van der Waals surface area contributed by atoms with Gasteiger partial charge in [-0.25, -0.2) is 0 Å². The lowest BCUT2D eigenvalue weighted by Gasteiger charge is -1.97. The number of ether oxygens (including phenoxy) is 1. The largest absolute Gasteiger partial charge is 0.497 e. The highest BCUT2D eigenvalue weighted by molar-refractivity contribution is 5.86. The number of pyridine rings is 1. The van der Waals surface area contributed by atoms with Gasteiger partial charge in [0.05, 0.1) is 7.11 Å². The fourth-order valence-electron chi connectivity index (χ4n) is 1.92. The number of H-pyrrole nitrogens is 1. The van der Waals surface area contributed by atoms with Gasteiger partial charge in [0.25, 0.3) is 0 Å². The molecule has 0 aliphatic carbocycles. The van der Waals surface area contributed by atoms with Gasteiger partial charge in [0.15, 0.2) is 0 Å². The summed E-state index contributed by atoms with van der Waals surface area (Å²) >= 11 is 0. The predicted molar refractivity (Wildman–Crippen MR) is 68.1 cm³/mol. The van der Waals surface area contributed by atoms with Crippen LogP contribution in [0.3, 0.4) is 0 Å². The molecule has 17 heavy (non-hydrogen) atoms. The number of aromatic amines is 1. The molecule has 1 aromatic carbocycles. The predicted octanol–water partition coefficient (Wildman–Crippen LogP) is 3.24. The van der Waals surface area contributed by atoms with Gasteiger partial charge in [-0.3, -0.25) is 4.98 Å². The van der Waals surface area contributed by atoms with Crippen molar-refractivity contribution < 1.29 is 4.74 Å². The number of aromatic nitrogens is 2. The van der Waals surface area contributed by atoms with Crippen LogP contribution in [0.15, 0.2) is 48.8 Å². The summed E-state index contributed by atoms with van der Waals surface area (Å²) < 4.78 is 5.21. The first kappa shape index (κ1) is 9.90. The molecule has 3 aromatic rings. The summed E-state index contributed by atoms with van der Waals surface area (Å²) in [5, 5.41) is 1.14. The number of methoxy groups -OCH3 is 1. The molecule has 1 N–H and O–H groups in total. The summed E-state index contributed by atoms with van der Waals surface area (Å²) in [6.45, 7) is 0. The third-order valence-corrected chi connectivity index (χ3v) is 2.80. The van der Waals surface area contributed by atoms with Crippen LogP contribution in [0.4, 0.5) is 0 Å². The molecule has 2 aromatic heterocycles. The third kappa shape index (κ3) is 1.76. The highest BCUT2D eigenvalue weighted by Crippen LogP contribution is 2.26. The molecule has 0 radical (unpaired) electrons. The second kappa shape index (κ2) is 3.94. The maximum atomic E-state index is 5.21. The molecule has 0 atom stereocenters. The first-order valence-corrected chi connectivity index (χ1v) is 5.44. The van der Waals surface area contributed by atoms with Crippen molar-refractivity contribution in [2.24, 2.45) is 0 Å². The molecule has 0 unspecified atom stereocenters. The summed E-state index contributed by atoms with van der Waals surface area (Å²) in [5.41, 5.74) is 3.26. The molecule has 3 heteroatoms. The van der Waals surface area contributed by atoms with Crippen molar-refractivity contribution in [1.29, 1.82) is 0 Å². The zero-order chi connectivity index (χ0) is 11.7. The van der Waals surface area contributed by atoms with Gasteiger partial charge in [-0.05, 0) is 36.4 Å². The summed E-state index contributed by atoms with van der Waals surface area (Å²) in [6, 6.07) is 12.1. The molecule has 0 aliphatic rings. The van der Waals surface area contributed by atoms with Crippen LogP contribution in [0.2, 0.25) is 0 Å². The lowest BCUT2D eigenvalue weighted by Crippen LogP contribution is -1.80.